The van der Waals surface area contributed by atoms with Gasteiger partial charge < -0.3 is 10.5 Å². The van der Waals surface area contributed by atoms with Gasteiger partial charge in [0.1, 0.15) is 0 Å². The summed E-state index contributed by atoms with van der Waals surface area (Å²) in [4.78, 5) is 0. The lowest BCUT2D eigenvalue weighted by Crippen LogP contribution is -2.26. The number of hydrogen-bond acceptors (Lipinski definition) is 2. The van der Waals surface area contributed by atoms with Crippen molar-refractivity contribution < 1.29 is 4.74 Å². The summed E-state index contributed by atoms with van der Waals surface area (Å²) in [5.41, 5.74) is 5.45. The molecule has 64 valence electrons. The second-order valence-electron chi connectivity index (χ2n) is 3.09. The van der Waals surface area contributed by atoms with Gasteiger partial charge in [0.25, 0.3) is 0 Å². The van der Waals surface area contributed by atoms with Gasteiger partial charge in [0.15, 0.2) is 0 Å². The summed E-state index contributed by atoms with van der Waals surface area (Å²) in [5.74, 6) is 0. The molecule has 2 heteroatoms. The fraction of sp³-hybridized carbons (Fsp3) is 0.778. The number of nitrogens with two attached hydrogens (primary N) is 1. The van der Waals surface area contributed by atoms with Gasteiger partial charge in [0.2, 0.25) is 0 Å². The molecular weight excluding hydrogens is 138 g/mol. The molecule has 2 atom stereocenters. The molecule has 0 fully saturated rings. The molecule has 0 saturated carbocycles. The minimum absolute atomic E-state index is 0.214. The Morgan fingerprint density at radius 1 is 1.64 bits per heavy atom. The molecule has 0 aromatic rings. The predicted octanol–water partition coefficient (Wildman–Crippen LogP) is 1.46. The Labute approximate surface area is 68.4 Å². The summed E-state index contributed by atoms with van der Waals surface area (Å²) >= 11 is 0. The lowest BCUT2D eigenvalue weighted by Gasteiger charge is -2.22. The van der Waals surface area contributed by atoms with E-state index in [-0.39, 0.29) is 6.10 Å². The van der Waals surface area contributed by atoms with Crippen LogP contribution in [0.15, 0.2) is 12.2 Å². The van der Waals surface area contributed by atoms with Crippen LogP contribution in [0.2, 0.25) is 0 Å². The van der Waals surface area contributed by atoms with Gasteiger partial charge in [0.05, 0.1) is 12.2 Å². The van der Waals surface area contributed by atoms with Crippen molar-refractivity contribution in [3.05, 3.63) is 12.2 Å². The number of rotatable bonds is 3. The largest absolute Gasteiger partial charge is 0.374 e. The molecule has 0 aliphatic heterocycles. The Kier molecular flexibility index (Phi) is 3.60. The molecule has 1 aliphatic carbocycles. The van der Waals surface area contributed by atoms with Crippen molar-refractivity contribution in [2.24, 2.45) is 5.73 Å². The smallest absolute Gasteiger partial charge is 0.0673 e. The molecule has 1 aliphatic rings. The van der Waals surface area contributed by atoms with Gasteiger partial charge in [0, 0.05) is 6.54 Å². The van der Waals surface area contributed by atoms with Gasteiger partial charge in [-0.25, -0.2) is 0 Å². The maximum Gasteiger partial charge on any atom is 0.0673 e. The molecular formula is C9H17NO. The first-order valence-corrected chi connectivity index (χ1v) is 4.33. The van der Waals surface area contributed by atoms with Crippen LogP contribution >= 0.6 is 0 Å². The summed E-state index contributed by atoms with van der Waals surface area (Å²) in [7, 11) is 0. The van der Waals surface area contributed by atoms with Gasteiger partial charge in [-0.05, 0) is 26.2 Å². The van der Waals surface area contributed by atoms with Crippen LogP contribution in [0.3, 0.4) is 0 Å². The molecule has 1 unspecified atom stereocenters. The second-order valence-corrected chi connectivity index (χ2v) is 3.09. The molecule has 1 rings (SSSR count). The summed E-state index contributed by atoms with van der Waals surface area (Å²) in [6.07, 6.45) is 8.40. The average Bonchev–Trinajstić information content (AvgIpc) is 2.06. The van der Waals surface area contributed by atoms with Crippen molar-refractivity contribution in [1.82, 2.24) is 0 Å². The Balaban J connectivity index is 2.20. The molecule has 0 spiro atoms. The molecule has 0 saturated heterocycles. The molecule has 2 nitrogen and oxygen atoms in total. The number of hydrogen-bond donors (Lipinski definition) is 1. The van der Waals surface area contributed by atoms with E-state index >= 15 is 0 Å². The zero-order valence-electron chi connectivity index (χ0n) is 7.12. The SMILES string of the molecule is C[C@@H](CN)OC1CC=CCC1. The van der Waals surface area contributed by atoms with Crippen LogP contribution in [-0.2, 0) is 4.74 Å². The topological polar surface area (TPSA) is 35.2 Å². The van der Waals surface area contributed by atoms with E-state index in [9.17, 15) is 0 Å². The van der Waals surface area contributed by atoms with Gasteiger partial charge in [-0.2, -0.15) is 0 Å². The average molecular weight is 155 g/mol. The van der Waals surface area contributed by atoms with Crippen molar-refractivity contribution in [2.45, 2.75) is 38.4 Å². The highest BCUT2D eigenvalue weighted by Gasteiger charge is 2.12. The first-order valence-electron chi connectivity index (χ1n) is 4.33. The Bertz CT molecular complexity index is 134. The lowest BCUT2D eigenvalue weighted by molar-refractivity contribution is -0.00125. The third kappa shape index (κ3) is 3.04. The summed E-state index contributed by atoms with van der Waals surface area (Å²) < 4.78 is 5.66. The van der Waals surface area contributed by atoms with Gasteiger partial charge >= 0.3 is 0 Å². The molecule has 11 heavy (non-hydrogen) atoms. The maximum atomic E-state index is 5.66. The summed E-state index contributed by atoms with van der Waals surface area (Å²) in [5, 5.41) is 0. The first kappa shape index (κ1) is 8.75. The van der Waals surface area contributed by atoms with Crippen molar-refractivity contribution >= 4 is 0 Å². The maximum absolute atomic E-state index is 5.66. The van der Waals surface area contributed by atoms with Crippen molar-refractivity contribution in [3.63, 3.8) is 0 Å². The number of allylic oxidation sites excluding steroid dienone is 1. The van der Waals surface area contributed by atoms with Crippen molar-refractivity contribution in [1.29, 1.82) is 0 Å². The highest BCUT2D eigenvalue weighted by molar-refractivity contribution is 4.90. The molecule has 2 N–H and O–H groups in total. The van der Waals surface area contributed by atoms with Gasteiger partial charge in [-0.15, -0.1) is 0 Å². The normalized spacial score (nSPS) is 26.9. The Hall–Kier alpha value is -0.340. The van der Waals surface area contributed by atoms with E-state index in [1.165, 1.54) is 0 Å². The van der Waals surface area contributed by atoms with Crippen LogP contribution < -0.4 is 5.73 Å². The molecule has 0 heterocycles. The Morgan fingerprint density at radius 2 is 2.45 bits per heavy atom. The van der Waals surface area contributed by atoms with Crippen LogP contribution in [0.5, 0.6) is 0 Å². The van der Waals surface area contributed by atoms with E-state index in [4.69, 9.17) is 10.5 Å². The fourth-order valence-electron chi connectivity index (χ4n) is 1.27. The molecule has 0 bridgehead atoms. The molecule has 0 aromatic carbocycles. The Morgan fingerprint density at radius 3 is 3.00 bits per heavy atom. The van der Waals surface area contributed by atoms with Crippen LogP contribution in [-0.4, -0.2) is 18.8 Å². The van der Waals surface area contributed by atoms with E-state index in [1.807, 2.05) is 6.92 Å². The van der Waals surface area contributed by atoms with E-state index in [0.717, 1.165) is 19.3 Å². The predicted molar refractivity (Wildman–Crippen MR) is 46.4 cm³/mol. The summed E-state index contributed by atoms with van der Waals surface area (Å²) in [6, 6.07) is 0. The third-order valence-electron chi connectivity index (χ3n) is 1.98. The third-order valence-corrected chi connectivity index (χ3v) is 1.98. The molecule has 0 amide bonds. The highest BCUT2D eigenvalue weighted by atomic mass is 16.5. The molecule has 0 radical (unpaired) electrons. The van der Waals surface area contributed by atoms with Crippen LogP contribution in [0.25, 0.3) is 0 Å². The first-order chi connectivity index (χ1) is 5.33. The van der Waals surface area contributed by atoms with Crippen LogP contribution in [0.1, 0.15) is 26.2 Å². The summed E-state index contributed by atoms with van der Waals surface area (Å²) in [6.45, 7) is 2.65. The fourth-order valence-corrected chi connectivity index (χ4v) is 1.27. The minimum Gasteiger partial charge on any atom is -0.374 e. The van der Waals surface area contributed by atoms with Gasteiger partial charge in [-0.3, -0.25) is 0 Å². The van der Waals surface area contributed by atoms with Gasteiger partial charge in [-0.1, -0.05) is 12.2 Å². The lowest BCUT2D eigenvalue weighted by atomic mass is 10.0. The van der Waals surface area contributed by atoms with E-state index in [0.29, 0.717) is 12.6 Å². The standard InChI is InChI=1S/C9H17NO/c1-8(7-10)11-9-5-3-2-4-6-9/h2-3,8-9H,4-7,10H2,1H3/t8-,9?/m0/s1. The van der Waals surface area contributed by atoms with E-state index < -0.39 is 0 Å². The van der Waals surface area contributed by atoms with E-state index in [2.05, 4.69) is 12.2 Å². The zero-order valence-corrected chi connectivity index (χ0v) is 7.12. The molecule has 0 aromatic heterocycles. The van der Waals surface area contributed by atoms with Crippen LogP contribution in [0.4, 0.5) is 0 Å². The van der Waals surface area contributed by atoms with Crippen LogP contribution in [0, 0.1) is 0 Å². The highest BCUT2D eigenvalue weighted by Crippen LogP contribution is 2.15. The monoisotopic (exact) mass is 155 g/mol. The van der Waals surface area contributed by atoms with Crippen molar-refractivity contribution in [2.75, 3.05) is 6.54 Å². The van der Waals surface area contributed by atoms with Crippen molar-refractivity contribution in [3.8, 4) is 0 Å². The van der Waals surface area contributed by atoms with E-state index in [1.54, 1.807) is 0 Å². The number of ether oxygens (including phenoxy) is 1. The quantitative estimate of drug-likeness (QED) is 0.626. The zero-order chi connectivity index (χ0) is 8.10. The second kappa shape index (κ2) is 4.52. The minimum atomic E-state index is 0.214.